The smallest absolute Gasteiger partial charge is 0.213 e. The molecule has 0 amide bonds. The van der Waals surface area contributed by atoms with Gasteiger partial charge >= 0.3 is 0 Å². The first-order valence-electron chi connectivity index (χ1n) is 6.18. The minimum atomic E-state index is 0.116. The van der Waals surface area contributed by atoms with Gasteiger partial charge in [-0.1, -0.05) is 20.8 Å². The van der Waals surface area contributed by atoms with Gasteiger partial charge in [-0.15, -0.1) is 11.3 Å². The lowest BCUT2D eigenvalue weighted by Crippen LogP contribution is -2.09. The Morgan fingerprint density at radius 2 is 2.00 bits per heavy atom. The van der Waals surface area contributed by atoms with E-state index >= 15 is 0 Å². The van der Waals surface area contributed by atoms with Gasteiger partial charge in [0.05, 0.1) is 30.5 Å². The van der Waals surface area contributed by atoms with E-state index in [2.05, 4.69) is 36.1 Å². The van der Waals surface area contributed by atoms with Crippen LogP contribution in [-0.4, -0.2) is 17.1 Å². The zero-order valence-electron chi connectivity index (χ0n) is 11.7. The van der Waals surface area contributed by atoms with Crippen molar-refractivity contribution in [1.29, 1.82) is 0 Å². The van der Waals surface area contributed by atoms with E-state index in [0.717, 1.165) is 17.2 Å². The Kier molecular flexibility index (Phi) is 4.04. The van der Waals surface area contributed by atoms with Crippen LogP contribution in [0.2, 0.25) is 0 Å². The molecule has 2 heterocycles. The van der Waals surface area contributed by atoms with Gasteiger partial charge in [0.15, 0.2) is 0 Å². The Morgan fingerprint density at radius 3 is 2.53 bits per heavy atom. The largest absolute Gasteiger partial charge is 0.481 e. The second kappa shape index (κ2) is 5.57. The summed E-state index contributed by atoms with van der Waals surface area (Å²) in [7, 11) is 1.61. The average Bonchev–Trinajstić information content (AvgIpc) is 2.86. The lowest BCUT2D eigenvalue weighted by molar-refractivity contribution is 0.398. The van der Waals surface area contributed by atoms with E-state index in [0.29, 0.717) is 5.88 Å². The van der Waals surface area contributed by atoms with E-state index in [-0.39, 0.29) is 5.41 Å². The molecular weight excluding hydrogens is 258 g/mol. The van der Waals surface area contributed by atoms with Crippen molar-refractivity contribution in [2.75, 3.05) is 12.4 Å². The number of thiazole rings is 1. The summed E-state index contributed by atoms with van der Waals surface area (Å²) in [4.78, 5) is 9.85. The van der Waals surface area contributed by atoms with Crippen LogP contribution in [0.3, 0.4) is 0 Å². The van der Waals surface area contributed by atoms with Gasteiger partial charge in [-0.2, -0.15) is 0 Å². The lowest BCUT2D eigenvalue weighted by atomic mass is 9.98. The molecule has 0 aromatic carbocycles. The molecule has 0 radical (unpaired) electrons. The molecule has 0 aliphatic rings. The quantitative estimate of drug-likeness (QED) is 0.929. The standard InChI is InChI=1S/C14H19N3OS/c1-14(2,3)13-17-9-11(19-13)8-15-10-5-6-12(18-4)16-7-10/h5-7,9,15H,8H2,1-4H3. The van der Waals surface area contributed by atoms with E-state index in [1.54, 1.807) is 24.6 Å². The number of aromatic nitrogens is 2. The first-order valence-corrected chi connectivity index (χ1v) is 7.00. The zero-order chi connectivity index (χ0) is 13.9. The minimum absolute atomic E-state index is 0.116. The highest BCUT2D eigenvalue weighted by Crippen LogP contribution is 2.27. The van der Waals surface area contributed by atoms with Gasteiger partial charge in [0.2, 0.25) is 5.88 Å². The Morgan fingerprint density at radius 1 is 1.21 bits per heavy atom. The summed E-state index contributed by atoms with van der Waals surface area (Å²) < 4.78 is 5.03. The summed E-state index contributed by atoms with van der Waals surface area (Å²) in [5, 5.41) is 4.49. The number of nitrogens with zero attached hydrogens (tertiary/aromatic N) is 2. The molecule has 0 saturated heterocycles. The molecule has 4 nitrogen and oxygen atoms in total. The summed E-state index contributed by atoms with van der Waals surface area (Å²) in [5.74, 6) is 0.623. The maximum atomic E-state index is 5.03. The van der Waals surface area contributed by atoms with Gasteiger partial charge in [-0.3, -0.25) is 0 Å². The number of hydrogen-bond acceptors (Lipinski definition) is 5. The van der Waals surface area contributed by atoms with Crippen LogP contribution in [0.5, 0.6) is 5.88 Å². The molecule has 0 atom stereocenters. The van der Waals surface area contributed by atoms with Crippen molar-refractivity contribution in [2.24, 2.45) is 0 Å². The molecular formula is C14H19N3OS. The first-order chi connectivity index (χ1) is 8.99. The normalized spacial score (nSPS) is 11.4. The number of nitrogens with one attached hydrogen (secondary N) is 1. The summed E-state index contributed by atoms with van der Waals surface area (Å²) >= 11 is 1.75. The number of ether oxygens (including phenoxy) is 1. The van der Waals surface area contributed by atoms with Crippen LogP contribution in [0, 0.1) is 0 Å². The monoisotopic (exact) mass is 277 g/mol. The minimum Gasteiger partial charge on any atom is -0.481 e. The van der Waals surface area contributed by atoms with Crippen molar-refractivity contribution in [3.05, 3.63) is 34.4 Å². The molecule has 0 bridgehead atoms. The summed E-state index contributed by atoms with van der Waals surface area (Å²) in [5.41, 5.74) is 1.09. The molecule has 5 heteroatoms. The van der Waals surface area contributed by atoms with Gasteiger partial charge in [0.25, 0.3) is 0 Å². The van der Waals surface area contributed by atoms with Crippen molar-refractivity contribution in [3.63, 3.8) is 0 Å². The molecule has 102 valence electrons. The number of pyridine rings is 1. The van der Waals surface area contributed by atoms with Crippen molar-refractivity contribution < 1.29 is 4.74 Å². The highest BCUT2D eigenvalue weighted by Gasteiger charge is 2.17. The van der Waals surface area contributed by atoms with Crippen LogP contribution in [0.15, 0.2) is 24.5 Å². The maximum Gasteiger partial charge on any atom is 0.213 e. The fourth-order valence-electron chi connectivity index (χ4n) is 1.53. The van der Waals surface area contributed by atoms with E-state index in [9.17, 15) is 0 Å². The first kappa shape index (κ1) is 13.8. The molecule has 1 N–H and O–H groups in total. The topological polar surface area (TPSA) is 47.0 Å². The zero-order valence-corrected chi connectivity index (χ0v) is 12.5. The molecule has 0 aliphatic carbocycles. The Hall–Kier alpha value is -1.62. The molecule has 2 aromatic rings. The predicted molar refractivity (Wildman–Crippen MR) is 78.9 cm³/mol. The highest BCUT2D eigenvalue weighted by atomic mass is 32.1. The van der Waals surface area contributed by atoms with Crippen molar-refractivity contribution >= 4 is 17.0 Å². The second-order valence-electron chi connectivity index (χ2n) is 5.32. The molecule has 0 saturated carbocycles. The van der Waals surface area contributed by atoms with Crippen molar-refractivity contribution in [3.8, 4) is 5.88 Å². The molecule has 0 fully saturated rings. The second-order valence-corrected chi connectivity index (χ2v) is 6.44. The number of hydrogen-bond donors (Lipinski definition) is 1. The van der Waals surface area contributed by atoms with E-state index < -0.39 is 0 Å². The highest BCUT2D eigenvalue weighted by molar-refractivity contribution is 7.11. The van der Waals surface area contributed by atoms with Gasteiger partial charge in [-0.25, -0.2) is 9.97 Å². The van der Waals surface area contributed by atoms with Crippen LogP contribution in [0.4, 0.5) is 5.69 Å². The van der Waals surface area contributed by atoms with Gasteiger partial charge < -0.3 is 10.1 Å². The summed E-state index contributed by atoms with van der Waals surface area (Å²) in [6, 6.07) is 3.80. The van der Waals surface area contributed by atoms with E-state index in [1.165, 1.54) is 4.88 Å². The number of rotatable bonds is 4. The van der Waals surface area contributed by atoms with Gasteiger partial charge in [0, 0.05) is 22.6 Å². The van der Waals surface area contributed by atoms with Gasteiger partial charge in [0.1, 0.15) is 0 Å². The van der Waals surface area contributed by atoms with E-state index in [4.69, 9.17) is 4.74 Å². The SMILES string of the molecule is COc1ccc(NCc2cnc(C(C)(C)C)s2)cn1. The van der Waals surface area contributed by atoms with Crippen LogP contribution in [0.25, 0.3) is 0 Å². The third-order valence-corrected chi connectivity index (χ3v) is 4.03. The lowest BCUT2D eigenvalue weighted by Gasteiger charge is -2.13. The van der Waals surface area contributed by atoms with E-state index in [1.807, 2.05) is 18.3 Å². The predicted octanol–water partition coefficient (Wildman–Crippen LogP) is 3.46. The third kappa shape index (κ3) is 3.67. The van der Waals surface area contributed by atoms with Gasteiger partial charge in [-0.05, 0) is 6.07 Å². The summed E-state index contributed by atoms with van der Waals surface area (Å²) in [6.07, 6.45) is 3.71. The number of methoxy groups -OCH3 is 1. The Bertz CT molecular complexity index is 528. The van der Waals surface area contributed by atoms with Crippen LogP contribution >= 0.6 is 11.3 Å². The molecule has 19 heavy (non-hydrogen) atoms. The number of anilines is 1. The summed E-state index contributed by atoms with van der Waals surface area (Å²) in [6.45, 7) is 7.30. The molecule has 2 aromatic heterocycles. The van der Waals surface area contributed by atoms with Crippen LogP contribution in [0.1, 0.15) is 30.7 Å². The van der Waals surface area contributed by atoms with Crippen LogP contribution < -0.4 is 10.1 Å². The van der Waals surface area contributed by atoms with Crippen molar-refractivity contribution in [1.82, 2.24) is 9.97 Å². The Labute approximate surface area is 117 Å². The average molecular weight is 277 g/mol. The maximum absolute atomic E-state index is 5.03. The molecule has 0 unspecified atom stereocenters. The Balaban J connectivity index is 1.96. The fourth-order valence-corrected chi connectivity index (χ4v) is 2.44. The molecule has 0 spiro atoms. The third-order valence-electron chi connectivity index (χ3n) is 2.61. The van der Waals surface area contributed by atoms with Crippen molar-refractivity contribution in [2.45, 2.75) is 32.7 Å². The molecule has 0 aliphatic heterocycles. The molecule has 2 rings (SSSR count). The fraction of sp³-hybridized carbons (Fsp3) is 0.429. The van der Waals surface area contributed by atoms with Crippen LogP contribution in [-0.2, 0) is 12.0 Å².